The highest BCUT2D eigenvalue weighted by Crippen LogP contribution is 2.30. The van der Waals surface area contributed by atoms with E-state index in [1.165, 1.54) is 0 Å². The third-order valence-corrected chi connectivity index (χ3v) is 1.43. The second-order valence-electron chi connectivity index (χ2n) is 1.89. The molecule has 5 nitrogen and oxygen atoms in total. The van der Waals surface area contributed by atoms with Crippen molar-refractivity contribution >= 4 is 7.75 Å². The Balaban J connectivity index is 3.13. The zero-order chi connectivity index (χ0) is 8.04. The molecule has 0 aliphatic carbocycles. The van der Waals surface area contributed by atoms with Crippen LogP contribution < -0.4 is 11.2 Å². The van der Waals surface area contributed by atoms with Gasteiger partial charge in [-0.3, -0.25) is 4.52 Å². The summed E-state index contributed by atoms with van der Waals surface area (Å²) in [5.41, 5.74) is 9.84. The van der Waals surface area contributed by atoms with Gasteiger partial charge in [0.2, 0.25) is 0 Å². The third kappa shape index (κ3) is 8.07. The van der Waals surface area contributed by atoms with Crippen LogP contribution in [0.25, 0.3) is 0 Å². The largest absolute Gasteiger partial charge is 0.400 e. The summed E-state index contributed by atoms with van der Waals surface area (Å²) in [6.45, 7) is 0.755. The first-order valence-corrected chi connectivity index (χ1v) is 4.67. The predicted molar refractivity (Wildman–Crippen MR) is 38.3 cm³/mol. The van der Waals surface area contributed by atoms with Crippen LogP contribution in [0.15, 0.2) is 0 Å². The molecule has 6 heteroatoms. The van der Waals surface area contributed by atoms with Crippen molar-refractivity contribution in [2.24, 2.45) is 11.2 Å². The lowest BCUT2D eigenvalue weighted by Gasteiger charge is -2.04. The lowest BCUT2D eigenvalue weighted by atomic mass is 10.3. The van der Waals surface area contributed by atoms with Gasteiger partial charge in [-0.15, -0.1) is 0 Å². The Morgan fingerprint density at radius 3 is 2.50 bits per heavy atom. The maximum absolute atomic E-state index is 10.3. The van der Waals surface area contributed by atoms with Crippen molar-refractivity contribution in [3.8, 4) is 0 Å². The Bertz CT molecular complexity index is 124. The summed E-state index contributed by atoms with van der Waals surface area (Å²) in [6.07, 6.45) is 1.44. The molecule has 0 amide bonds. The van der Waals surface area contributed by atoms with Gasteiger partial charge in [0.15, 0.2) is 0 Å². The molecule has 0 aliphatic heterocycles. The van der Waals surface area contributed by atoms with Crippen molar-refractivity contribution in [2.45, 2.75) is 12.8 Å². The highest BCUT2D eigenvalue weighted by molar-refractivity contribution is 7.50. The van der Waals surface area contributed by atoms with E-state index in [1.54, 1.807) is 0 Å². The standard InChI is InChI=1S/C4H13N2O3P/c5-3-1-2-4-9-10(6,7)8/h1-5H2,(H3,6,7,8). The van der Waals surface area contributed by atoms with E-state index < -0.39 is 7.75 Å². The summed E-state index contributed by atoms with van der Waals surface area (Å²) in [5, 5.41) is 0. The third-order valence-electron chi connectivity index (χ3n) is 0.875. The van der Waals surface area contributed by atoms with Gasteiger partial charge in [-0.05, 0) is 19.4 Å². The van der Waals surface area contributed by atoms with E-state index in [1.807, 2.05) is 0 Å². The SMILES string of the molecule is NCCCCOP(N)(=O)O. The van der Waals surface area contributed by atoms with Crippen LogP contribution >= 0.6 is 7.75 Å². The van der Waals surface area contributed by atoms with Gasteiger partial charge >= 0.3 is 7.75 Å². The first kappa shape index (κ1) is 10.1. The average molecular weight is 168 g/mol. The topological polar surface area (TPSA) is 98.6 Å². The highest BCUT2D eigenvalue weighted by atomic mass is 31.2. The Morgan fingerprint density at radius 1 is 1.50 bits per heavy atom. The molecule has 0 saturated heterocycles. The molecule has 62 valence electrons. The highest BCUT2D eigenvalue weighted by Gasteiger charge is 2.08. The van der Waals surface area contributed by atoms with E-state index in [2.05, 4.69) is 10.0 Å². The summed E-state index contributed by atoms with van der Waals surface area (Å²) in [6, 6.07) is 0. The maximum Gasteiger partial charge on any atom is 0.400 e. The summed E-state index contributed by atoms with van der Waals surface area (Å²) >= 11 is 0. The monoisotopic (exact) mass is 168 g/mol. The molecule has 5 N–H and O–H groups in total. The van der Waals surface area contributed by atoms with Gasteiger partial charge < -0.3 is 10.6 Å². The Morgan fingerprint density at radius 2 is 2.10 bits per heavy atom. The number of rotatable bonds is 5. The molecule has 0 rings (SSSR count). The van der Waals surface area contributed by atoms with Crippen molar-refractivity contribution in [1.82, 2.24) is 0 Å². The van der Waals surface area contributed by atoms with Crippen LogP contribution in [-0.2, 0) is 9.09 Å². The molecule has 0 radical (unpaired) electrons. The zero-order valence-corrected chi connectivity index (χ0v) is 6.59. The molecule has 0 aromatic rings. The normalized spacial score (nSPS) is 16.7. The Labute approximate surface area is 59.9 Å². The first-order valence-electron chi connectivity index (χ1n) is 3.02. The van der Waals surface area contributed by atoms with E-state index in [-0.39, 0.29) is 6.61 Å². The van der Waals surface area contributed by atoms with Crippen LogP contribution in [-0.4, -0.2) is 18.0 Å². The van der Waals surface area contributed by atoms with Gasteiger partial charge in [0.1, 0.15) is 0 Å². The molecule has 1 unspecified atom stereocenters. The molecular weight excluding hydrogens is 155 g/mol. The van der Waals surface area contributed by atoms with Crippen molar-refractivity contribution < 1.29 is 14.0 Å². The number of unbranched alkanes of at least 4 members (excludes halogenated alkanes) is 1. The second kappa shape index (κ2) is 4.82. The summed E-state index contributed by atoms with van der Waals surface area (Å²) < 4.78 is 14.6. The van der Waals surface area contributed by atoms with E-state index in [0.717, 1.165) is 6.42 Å². The molecule has 0 spiro atoms. The Kier molecular flexibility index (Phi) is 4.85. The van der Waals surface area contributed by atoms with Gasteiger partial charge in [0.25, 0.3) is 0 Å². The minimum Gasteiger partial charge on any atom is -0.330 e. The van der Waals surface area contributed by atoms with Crippen LogP contribution in [0.5, 0.6) is 0 Å². The minimum absolute atomic E-state index is 0.196. The summed E-state index contributed by atoms with van der Waals surface area (Å²) in [7, 11) is -3.75. The predicted octanol–water partition coefficient (Wildman–Crippen LogP) is -0.199. The molecule has 0 aromatic carbocycles. The fourth-order valence-electron chi connectivity index (χ4n) is 0.442. The van der Waals surface area contributed by atoms with E-state index >= 15 is 0 Å². The van der Waals surface area contributed by atoms with Crippen LogP contribution in [0.1, 0.15) is 12.8 Å². The van der Waals surface area contributed by atoms with Crippen LogP contribution in [0.4, 0.5) is 0 Å². The zero-order valence-electron chi connectivity index (χ0n) is 5.69. The molecule has 0 heterocycles. The van der Waals surface area contributed by atoms with Gasteiger partial charge in [-0.2, -0.15) is 0 Å². The smallest absolute Gasteiger partial charge is 0.330 e. The molecule has 0 fully saturated rings. The van der Waals surface area contributed by atoms with Gasteiger partial charge in [0, 0.05) is 0 Å². The molecule has 0 aliphatic rings. The average Bonchev–Trinajstić information content (AvgIpc) is 1.78. The van der Waals surface area contributed by atoms with E-state index in [9.17, 15) is 4.57 Å². The molecule has 10 heavy (non-hydrogen) atoms. The van der Waals surface area contributed by atoms with Gasteiger partial charge in [0.05, 0.1) is 6.61 Å². The molecule has 1 atom stereocenters. The van der Waals surface area contributed by atoms with Crippen molar-refractivity contribution in [3.63, 3.8) is 0 Å². The lowest BCUT2D eigenvalue weighted by molar-refractivity contribution is 0.255. The number of hydrogen-bond acceptors (Lipinski definition) is 3. The van der Waals surface area contributed by atoms with Crippen molar-refractivity contribution in [2.75, 3.05) is 13.2 Å². The fraction of sp³-hybridized carbons (Fsp3) is 1.00. The van der Waals surface area contributed by atoms with Gasteiger partial charge in [-0.25, -0.2) is 10.1 Å². The minimum atomic E-state index is -3.75. The molecular formula is C4H13N2O3P. The molecule has 0 bridgehead atoms. The molecule has 0 aromatic heterocycles. The van der Waals surface area contributed by atoms with Crippen LogP contribution in [0.2, 0.25) is 0 Å². The fourth-order valence-corrected chi connectivity index (χ4v) is 0.832. The number of nitrogens with two attached hydrogens (primary N) is 2. The van der Waals surface area contributed by atoms with Gasteiger partial charge in [-0.1, -0.05) is 0 Å². The second-order valence-corrected chi connectivity index (χ2v) is 3.28. The first-order chi connectivity index (χ1) is 4.56. The van der Waals surface area contributed by atoms with E-state index in [0.29, 0.717) is 13.0 Å². The van der Waals surface area contributed by atoms with Crippen LogP contribution in [0, 0.1) is 0 Å². The number of hydrogen-bond donors (Lipinski definition) is 3. The van der Waals surface area contributed by atoms with Crippen molar-refractivity contribution in [3.05, 3.63) is 0 Å². The maximum atomic E-state index is 10.3. The van der Waals surface area contributed by atoms with Crippen molar-refractivity contribution in [1.29, 1.82) is 0 Å². The quantitative estimate of drug-likeness (QED) is 0.390. The Hall–Kier alpha value is 0.0700. The molecule has 0 saturated carbocycles. The van der Waals surface area contributed by atoms with E-state index in [4.69, 9.17) is 10.6 Å². The lowest BCUT2D eigenvalue weighted by Crippen LogP contribution is -2.03. The summed E-state index contributed by atoms with van der Waals surface area (Å²) in [5.74, 6) is 0. The van der Waals surface area contributed by atoms with Crippen LogP contribution in [0.3, 0.4) is 0 Å². The summed E-state index contributed by atoms with van der Waals surface area (Å²) in [4.78, 5) is 8.40.